The Bertz CT molecular complexity index is 970. The first-order chi connectivity index (χ1) is 14.1. The zero-order valence-corrected chi connectivity index (χ0v) is 16.4. The number of likely N-dealkylation sites (tertiary alicyclic amines) is 1. The highest BCUT2D eigenvalue weighted by molar-refractivity contribution is 6.31. The Kier molecular flexibility index (Phi) is 5.82. The van der Waals surface area contributed by atoms with Crippen molar-refractivity contribution < 1.29 is 9.18 Å². The van der Waals surface area contributed by atoms with Crippen LogP contribution < -0.4 is 5.32 Å². The fourth-order valence-corrected chi connectivity index (χ4v) is 4.01. The predicted octanol–water partition coefficient (Wildman–Crippen LogP) is 3.02. The SMILES string of the molecule is O=C(NCC(c1c(F)cccc1Cl)N1CCCC1)c1ccccc1-n1cnnn1. The lowest BCUT2D eigenvalue weighted by Gasteiger charge is -2.29. The van der Waals surface area contributed by atoms with Gasteiger partial charge >= 0.3 is 0 Å². The van der Waals surface area contributed by atoms with Gasteiger partial charge < -0.3 is 5.32 Å². The maximum Gasteiger partial charge on any atom is 0.253 e. The van der Waals surface area contributed by atoms with Crippen LogP contribution in [0.4, 0.5) is 4.39 Å². The number of rotatable bonds is 6. The molecule has 1 N–H and O–H groups in total. The molecule has 0 bridgehead atoms. The van der Waals surface area contributed by atoms with Crippen molar-refractivity contribution in [1.29, 1.82) is 0 Å². The molecule has 1 atom stereocenters. The Hall–Kier alpha value is -2.84. The first-order valence-corrected chi connectivity index (χ1v) is 9.81. The second-order valence-corrected chi connectivity index (χ2v) is 7.28. The molecule has 7 nitrogen and oxygen atoms in total. The molecular weight excluding hydrogens is 395 g/mol. The van der Waals surface area contributed by atoms with E-state index < -0.39 is 0 Å². The molecule has 2 aromatic carbocycles. The summed E-state index contributed by atoms with van der Waals surface area (Å²) < 4.78 is 16.0. The minimum atomic E-state index is -0.363. The summed E-state index contributed by atoms with van der Waals surface area (Å²) in [5, 5.41) is 14.4. The van der Waals surface area contributed by atoms with Gasteiger partial charge in [-0.25, -0.2) is 4.39 Å². The van der Waals surface area contributed by atoms with Gasteiger partial charge in [0.15, 0.2) is 0 Å². The van der Waals surface area contributed by atoms with Gasteiger partial charge in [-0.2, -0.15) is 4.68 Å². The number of halogens is 2. The van der Waals surface area contributed by atoms with Crippen LogP contribution in [0.15, 0.2) is 48.8 Å². The van der Waals surface area contributed by atoms with Gasteiger partial charge in [0, 0.05) is 17.1 Å². The van der Waals surface area contributed by atoms with Crippen LogP contribution in [0, 0.1) is 5.82 Å². The number of hydrogen-bond donors (Lipinski definition) is 1. The highest BCUT2D eigenvalue weighted by atomic mass is 35.5. The normalized spacial score (nSPS) is 15.4. The van der Waals surface area contributed by atoms with Crippen LogP contribution in [-0.4, -0.2) is 50.6 Å². The lowest BCUT2D eigenvalue weighted by molar-refractivity contribution is 0.0937. The number of nitrogens with zero attached hydrogens (tertiary/aromatic N) is 5. The molecule has 1 aliphatic rings. The highest BCUT2D eigenvalue weighted by Gasteiger charge is 2.28. The van der Waals surface area contributed by atoms with Crippen LogP contribution in [0.25, 0.3) is 5.69 Å². The molecule has 0 spiro atoms. The van der Waals surface area contributed by atoms with Crippen molar-refractivity contribution in [3.05, 3.63) is 70.8 Å². The summed E-state index contributed by atoms with van der Waals surface area (Å²) >= 11 is 6.32. The molecule has 9 heteroatoms. The summed E-state index contributed by atoms with van der Waals surface area (Å²) in [6, 6.07) is 11.4. The molecule has 1 unspecified atom stereocenters. The third-order valence-electron chi connectivity index (χ3n) is 5.11. The molecular formula is C20H20ClFN6O. The number of aromatic nitrogens is 4. The van der Waals surface area contributed by atoms with Gasteiger partial charge in [0.05, 0.1) is 17.3 Å². The number of tetrazole rings is 1. The summed E-state index contributed by atoms with van der Waals surface area (Å²) in [5.41, 5.74) is 1.42. The smallest absolute Gasteiger partial charge is 0.253 e. The third kappa shape index (κ3) is 4.13. The minimum absolute atomic E-state index is 0.240. The number of carbonyl (C=O) groups is 1. The van der Waals surface area contributed by atoms with Gasteiger partial charge in [-0.1, -0.05) is 29.8 Å². The summed E-state index contributed by atoms with van der Waals surface area (Å²) in [7, 11) is 0. The summed E-state index contributed by atoms with van der Waals surface area (Å²) in [5.74, 6) is -0.648. The summed E-state index contributed by atoms with van der Waals surface area (Å²) in [6.45, 7) is 1.92. The molecule has 3 aromatic rings. The van der Waals surface area contributed by atoms with Crippen LogP contribution >= 0.6 is 11.6 Å². The van der Waals surface area contributed by atoms with Crippen LogP contribution in [0.5, 0.6) is 0 Å². The molecule has 1 aromatic heterocycles. The van der Waals surface area contributed by atoms with E-state index in [4.69, 9.17) is 11.6 Å². The van der Waals surface area contributed by atoms with Gasteiger partial charge in [-0.3, -0.25) is 9.69 Å². The molecule has 1 amide bonds. The Morgan fingerprint density at radius 2 is 1.97 bits per heavy atom. The van der Waals surface area contributed by atoms with E-state index in [1.165, 1.54) is 17.1 Å². The van der Waals surface area contributed by atoms with Gasteiger partial charge in [-0.15, -0.1) is 5.10 Å². The number of benzene rings is 2. The maximum atomic E-state index is 14.6. The van der Waals surface area contributed by atoms with E-state index in [0.717, 1.165) is 25.9 Å². The topological polar surface area (TPSA) is 75.9 Å². The standard InChI is InChI=1S/C20H20ClFN6O/c21-15-7-5-8-16(22)19(15)18(27-10-3-4-11-27)12-23-20(29)14-6-1-2-9-17(14)28-13-24-25-26-28/h1-2,5-9,13,18H,3-4,10-12H2,(H,23,29). The third-order valence-corrected chi connectivity index (χ3v) is 5.44. The number of para-hydroxylation sites is 1. The van der Waals surface area contributed by atoms with Crippen LogP contribution in [0.2, 0.25) is 5.02 Å². The Morgan fingerprint density at radius 1 is 1.17 bits per heavy atom. The van der Waals surface area contributed by atoms with Gasteiger partial charge in [-0.05, 0) is 60.6 Å². The monoisotopic (exact) mass is 414 g/mol. The van der Waals surface area contributed by atoms with E-state index in [0.29, 0.717) is 21.8 Å². The van der Waals surface area contributed by atoms with E-state index in [2.05, 4.69) is 25.7 Å². The first-order valence-electron chi connectivity index (χ1n) is 9.43. The minimum Gasteiger partial charge on any atom is -0.350 e. The fraction of sp³-hybridized carbons (Fsp3) is 0.300. The van der Waals surface area contributed by atoms with Crippen LogP contribution in [-0.2, 0) is 0 Å². The second kappa shape index (κ2) is 8.67. The van der Waals surface area contributed by atoms with Crippen LogP contribution in [0.3, 0.4) is 0 Å². The van der Waals surface area contributed by atoms with E-state index >= 15 is 0 Å². The molecule has 0 aliphatic carbocycles. The van der Waals surface area contributed by atoms with Crippen molar-refractivity contribution >= 4 is 17.5 Å². The molecule has 2 heterocycles. The zero-order chi connectivity index (χ0) is 20.2. The number of nitrogens with one attached hydrogen (secondary N) is 1. The molecule has 1 aliphatic heterocycles. The largest absolute Gasteiger partial charge is 0.350 e. The lowest BCUT2D eigenvalue weighted by atomic mass is 10.0. The van der Waals surface area contributed by atoms with Gasteiger partial charge in [0.1, 0.15) is 12.1 Å². The molecule has 150 valence electrons. The van der Waals surface area contributed by atoms with Crippen LogP contribution in [0.1, 0.15) is 34.8 Å². The molecule has 1 saturated heterocycles. The second-order valence-electron chi connectivity index (χ2n) is 6.88. The van der Waals surface area contributed by atoms with E-state index in [9.17, 15) is 9.18 Å². The van der Waals surface area contributed by atoms with E-state index in [1.807, 2.05) is 0 Å². The lowest BCUT2D eigenvalue weighted by Crippen LogP contribution is -2.37. The average molecular weight is 415 g/mol. The van der Waals surface area contributed by atoms with E-state index in [1.54, 1.807) is 36.4 Å². The quantitative estimate of drug-likeness (QED) is 0.671. The summed E-state index contributed by atoms with van der Waals surface area (Å²) in [4.78, 5) is 15.1. The van der Waals surface area contributed by atoms with Crippen molar-refractivity contribution in [3.8, 4) is 5.69 Å². The Morgan fingerprint density at radius 3 is 2.69 bits per heavy atom. The van der Waals surface area contributed by atoms with Crippen molar-refractivity contribution in [3.63, 3.8) is 0 Å². The molecule has 4 rings (SSSR count). The van der Waals surface area contributed by atoms with E-state index in [-0.39, 0.29) is 24.3 Å². The predicted molar refractivity (Wildman–Crippen MR) is 106 cm³/mol. The van der Waals surface area contributed by atoms with Gasteiger partial charge in [0.2, 0.25) is 0 Å². The molecule has 0 radical (unpaired) electrons. The average Bonchev–Trinajstić information content (AvgIpc) is 3.44. The van der Waals surface area contributed by atoms with Crippen molar-refractivity contribution in [2.45, 2.75) is 18.9 Å². The van der Waals surface area contributed by atoms with Crippen molar-refractivity contribution in [2.75, 3.05) is 19.6 Å². The highest BCUT2D eigenvalue weighted by Crippen LogP contribution is 2.32. The Labute approximate surface area is 172 Å². The molecule has 29 heavy (non-hydrogen) atoms. The number of amides is 1. The van der Waals surface area contributed by atoms with Gasteiger partial charge in [0.25, 0.3) is 5.91 Å². The number of carbonyl (C=O) groups excluding carboxylic acids is 1. The molecule has 0 saturated carbocycles. The van der Waals surface area contributed by atoms with Crippen molar-refractivity contribution in [1.82, 2.24) is 30.4 Å². The summed E-state index contributed by atoms with van der Waals surface area (Å²) in [6.07, 6.45) is 3.51. The fourth-order valence-electron chi connectivity index (χ4n) is 3.72. The van der Waals surface area contributed by atoms with Crippen molar-refractivity contribution in [2.24, 2.45) is 0 Å². The molecule has 1 fully saturated rings. The first kappa shape index (κ1) is 19.5. The number of hydrogen-bond acceptors (Lipinski definition) is 5. The zero-order valence-electron chi connectivity index (χ0n) is 15.6. The Balaban J connectivity index is 1.58. The maximum absolute atomic E-state index is 14.6.